The second-order valence-electron chi connectivity index (χ2n) is 5.18. The van der Waals surface area contributed by atoms with Gasteiger partial charge in [0.2, 0.25) is 5.91 Å². The lowest BCUT2D eigenvalue weighted by atomic mass is 10.1. The minimum absolute atomic E-state index is 0.0372. The van der Waals surface area contributed by atoms with Crippen LogP contribution in [0.25, 0.3) is 0 Å². The summed E-state index contributed by atoms with van der Waals surface area (Å²) in [6.07, 6.45) is 2.50. The number of amides is 1. The van der Waals surface area contributed by atoms with Crippen LogP contribution < -0.4 is 5.73 Å². The average Bonchev–Trinajstić information content (AvgIpc) is 2.16. The van der Waals surface area contributed by atoms with Crippen molar-refractivity contribution in [1.29, 1.82) is 0 Å². The molecule has 16 heavy (non-hydrogen) atoms. The number of thioether (sulfide) groups is 1. The summed E-state index contributed by atoms with van der Waals surface area (Å²) in [5.41, 5.74) is 5.91. The Morgan fingerprint density at radius 2 is 2.25 bits per heavy atom. The van der Waals surface area contributed by atoms with Crippen LogP contribution in [-0.2, 0) is 4.79 Å². The Balaban J connectivity index is 2.41. The van der Waals surface area contributed by atoms with E-state index in [1.807, 2.05) is 16.7 Å². The third-order valence-electron chi connectivity index (χ3n) is 2.87. The third-order valence-corrected chi connectivity index (χ3v) is 4.17. The van der Waals surface area contributed by atoms with Crippen molar-refractivity contribution in [3.63, 3.8) is 0 Å². The van der Waals surface area contributed by atoms with Gasteiger partial charge < -0.3 is 10.6 Å². The van der Waals surface area contributed by atoms with Crippen molar-refractivity contribution < 1.29 is 4.79 Å². The largest absolute Gasteiger partial charge is 0.340 e. The molecule has 0 spiro atoms. The van der Waals surface area contributed by atoms with Gasteiger partial charge >= 0.3 is 0 Å². The highest BCUT2D eigenvalue weighted by Crippen LogP contribution is 2.29. The predicted molar refractivity (Wildman–Crippen MR) is 70.6 cm³/mol. The smallest absolute Gasteiger partial charge is 0.224 e. The minimum Gasteiger partial charge on any atom is -0.340 e. The highest BCUT2D eigenvalue weighted by molar-refractivity contribution is 8.00. The fraction of sp³-hybridized carbons (Fsp3) is 0.917. The number of hydrogen-bond acceptors (Lipinski definition) is 3. The van der Waals surface area contributed by atoms with Crippen LogP contribution in [0.3, 0.4) is 0 Å². The van der Waals surface area contributed by atoms with E-state index in [0.29, 0.717) is 6.42 Å². The Hall–Kier alpha value is -0.220. The van der Waals surface area contributed by atoms with Crippen molar-refractivity contribution in [1.82, 2.24) is 4.90 Å². The van der Waals surface area contributed by atoms with Crippen LogP contribution in [0, 0.1) is 0 Å². The monoisotopic (exact) mass is 244 g/mol. The van der Waals surface area contributed by atoms with E-state index in [1.165, 1.54) is 0 Å². The molecule has 1 fully saturated rings. The van der Waals surface area contributed by atoms with E-state index in [-0.39, 0.29) is 16.7 Å². The number of rotatable bonds is 4. The zero-order chi connectivity index (χ0) is 12.2. The molecule has 1 aliphatic heterocycles. The van der Waals surface area contributed by atoms with Crippen LogP contribution in [-0.4, -0.2) is 40.4 Å². The van der Waals surface area contributed by atoms with Crippen molar-refractivity contribution in [2.45, 2.75) is 50.8 Å². The van der Waals surface area contributed by atoms with Crippen LogP contribution in [0.2, 0.25) is 0 Å². The van der Waals surface area contributed by atoms with Crippen molar-refractivity contribution in [3.05, 3.63) is 0 Å². The molecular formula is C12H24N2OS. The number of hydrogen-bond donors (Lipinski definition) is 1. The molecule has 1 saturated heterocycles. The van der Waals surface area contributed by atoms with Gasteiger partial charge in [0.1, 0.15) is 0 Å². The molecule has 0 aromatic carbocycles. The zero-order valence-electron chi connectivity index (χ0n) is 10.7. The molecule has 0 bridgehead atoms. The van der Waals surface area contributed by atoms with Crippen molar-refractivity contribution in [2.24, 2.45) is 5.73 Å². The van der Waals surface area contributed by atoms with E-state index in [1.54, 1.807) is 0 Å². The standard InChI is InChI=1S/C12H24N2OS/c1-4-5-10(13)8-11(15)14-6-7-16-12(2,3)9-14/h10H,4-9,13H2,1-3H3. The molecule has 1 heterocycles. The third kappa shape index (κ3) is 4.34. The second-order valence-corrected chi connectivity index (χ2v) is 6.98. The summed E-state index contributed by atoms with van der Waals surface area (Å²) >= 11 is 1.95. The van der Waals surface area contributed by atoms with Crippen molar-refractivity contribution >= 4 is 17.7 Å². The fourth-order valence-corrected chi connectivity index (χ4v) is 3.17. The van der Waals surface area contributed by atoms with Gasteiger partial charge in [0.05, 0.1) is 0 Å². The first-order chi connectivity index (χ1) is 7.44. The molecule has 1 rings (SSSR count). The molecule has 3 nitrogen and oxygen atoms in total. The Morgan fingerprint density at radius 1 is 1.56 bits per heavy atom. The van der Waals surface area contributed by atoms with E-state index in [4.69, 9.17) is 5.73 Å². The van der Waals surface area contributed by atoms with Gasteiger partial charge in [-0.15, -0.1) is 0 Å². The van der Waals surface area contributed by atoms with Crippen LogP contribution >= 0.6 is 11.8 Å². The Morgan fingerprint density at radius 3 is 2.81 bits per heavy atom. The molecule has 2 N–H and O–H groups in total. The van der Waals surface area contributed by atoms with Gasteiger partial charge in [-0.3, -0.25) is 4.79 Å². The molecule has 0 aromatic heterocycles. The van der Waals surface area contributed by atoms with Gasteiger partial charge in [0.25, 0.3) is 0 Å². The normalized spacial score (nSPS) is 21.9. The number of carbonyl (C=O) groups is 1. The predicted octanol–water partition coefficient (Wildman–Crippen LogP) is 1.86. The maximum atomic E-state index is 12.0. The SMILES string of the molecule is CCCC(N)CC(=O)N1CCSC(C)(C)C1. The quantitative estimate of drug-likeness (QED) is 0.821. The van der Waals surface area contributed by atoms with Gasteiger partial charge in [-0.1, -0.05) is 13.3 Å². The zero-order valence-corrected chi connectivity index (χ0v) is 11.5. The molecule has 94 valence electrons. The molecule has 1 amide bonds. The van der Waals surface area contributed by atoms with E-state index in [9.17, 15) is 4.79 Å². The lowest BCUT2D eigenvalue weighted by Gasteiger charge is -2.38. The molecule has 0 aromatic rings. The number of carbonyl (C=O) groups excluding carboxylic acids is 1. The first-order valence-electron chi connectivity index (χ1n) is 6.12. The molecule has 1 atom stereocenters. The maximum Gasteiger partial charge on any atom is 0.224 e. The second kappa shape index (κ2) is 5.92. The summed E-state index contributed by atoms with van der Waals surface area (Å²) in [6, 6.07) is 0.0372. The first kappa shape index (κ1) is 13.8. The highest BCUT2D eigenvalue weighted by atomic mass is 32.2. The van der Waals surface area contributed by atoms with E-state index in [2.05, 4.69) is 20.8 Å². The molecular weight excluding hydrogens is 220 g/mol. The van der Waals surface area contributed by atoms with Gasteiger partial charge in [-0.25, -0.2) is 0 Å². The van der Waals surface area contributed by atoms with Gasteiger partial charge in [0, 0.05) is 36.1 Å². The lowest BCUT2D eigenvalue weighted by Crippen LogP contribution is -2.47. The van der Waals surface area contributed by atoms with Crippen LogP contribution in [0.4, 0.5) is 0 Å². The summed E-state index contributed by atoms with van der Waals surface area (Å²) in [5, 5.41) is 0. The van der Waals surface area contributed by atoms with E-state index in [0.717, 1.165) is 31.7 Å². The van der Waals surface area contributed by atoms with Crippen molar-refractivity contribution in [3.8, 4) is 0 Å². The highest BCUT2D eigenvalue weighted by Gasteiger charge is 2.29. The molecule has 0 saturated carbocycles. The van der Waals surface area contributed by atoms with Crippen LogP contribution in [0.5, 0.6) is 0 Å². The first-order valence-corrected chi connectivity index (χ1v) is 7.10. The summed E-state index contributed by atoms with van der Waals surface area (Å²) < 4.78 is 0.197. The maximum absolute atomic E-state index is 12.0. The summed E-state index contributed by atoms with van der Waals surface area (Å²) in [6.45, 7) is 8.23. The average molecular weight is 244 g/mol. The lowest BCUT2D eigenvalue weighted by molar-refractivity contribution is -0.131. The molecule has 4 heteroatoms. The van der Waals surface area contributed by atoms with Crippen LogP contribution in [0.1, 0.15) is 40.0 Å². The summed E-state index contributed by atoms with van der Waals surface area (Å²) in [7, 11) is 0. The van der Waals surface area contributed by atoms with Crippen LogP contribution in [0.15, 0.2) is 0 Å². The topological polar surface area (TPSA) is 46.3 Å². The van der Waals surface area contributed by atoms with E-state index >= 15 is 0 Å². The minimum atomic E-state index is 0.0372. The number of nitrogens with two attached hydrogens (primary N) is 1. The molecule has 1 unspecified atom stereocenters. The Kier molecular flexibility index (Phi) is 5.12. The molecule has 0 radical (unpaired) electrons. The molecule has 0 aliphatic carbocycles. The fourth-order valence-electron chi connectivity index (χ4n) is 2.06. The van der Waals surface area contributed by atoms with Gasteiger partial charge in [0.15, 0.2) is 0 Å². The van der Waals surface area contributed by atoms with Crippen molar-refractivity contribution in [2.75, 3.05) is 18.8 Å². The Labute approximate surface area is 103 Å². The Bertz CT molecular complexity index is 243. The van der Waals surface area contributed by atoms with E-state index < -0.39 is 0 Å². The summed E-state index contributed by atoms with van der Waals surface area (Å²) in [4.78, 5) is 14.0. The number of nitrogens with zero attached hydrogens (tertiary/aromatic N) is 1. The van der Waals surface area contributed by atoms with Gasteiger partial charge in [-0.05, 0) is 20.3 Å². The molecule has 1 aliphatic rings. The summed E-state index contributed by atoms with van der Waals surface area (Å²) in [5.74, 6) is 1.27. The van der Waals surface area contributed by atoms with Gasteiger partial charge in [-0.2, -0.15) is 11.8 Å².